The Morgan fingerprint density at radius 2 is 1.72 bits per heavy atom. The van der Waals surface area contributed by atoms with Crippen molar-refractivity contribution < 1.29 is 18.0 Å². The third-order valence-corrected chi connectivity index (χ3v) is 5.42. The number of amides is 1. The lowest BCUT2D eigenvalue weighted by Crippen LogP contribution is -2.38. The molecule has 0 atom stereocenters. The second-order valence-electron chi connectivity index (χ2n) is 7.33. The quantitative estimate of drug-likeness (QED) is 0.647. The van der Waals surface area contributed by atoms with Crippen LogP contribution in [0, 0.1) is 0 Å². The Balaban J connectivity index is 1.38. The molecule has 29 heavy (non-hydrogen) atoms. The van der Waals surface area contributed by atoms with Crippen LogP contribution < -0.4 is 0 Å². The van der Waals surface area contributed by atoms with Crippen LogP contribution in [0.2, 0.25) is 0 Å². The summed E-state index contributed by atoms with van der Waals surface area (Å²) in [6.07, 6.45) is 0.512. The van der Waals surface area contributed by atoms with Crippen molar-refractivity contribution in [1.82, 2.24) is 14.9 Å². The summed E-state index contributed by atoms with van der Waals surface area (Å²) in [7, 11) is 0. The highest BCUT2D eigenvalue weighted by atomic mass is 19.4. The molecule has 0 bridgehead atoms. The highest BCUT2D eigenvalue weighted by Crippen LogP contribution is 2.34. The van der Waals surface area contributed by atoms with E-state index in [1.807, 2.05) is 18.2 Å². The maximum atomic E-state index is 12.9. The second-order valence-corrected chi connectivity index (χ2v) is 7.33. The van der Waals surface area contributed by atoms with Crippen LogP contribution in [0.15, 0.2) is 54.9 Å². The number of piperidine rings is 1. The number of carbonyl (C=O) groups excluding carboxylic acids is 1. The molecule has 1 aliphatic rings. The highest BCUT2D eigenvalue weighted by Gasteiger charge is 2.31. The number of benzene rings is 2. The van der Waals surface area contributed by atoms with Crippen molar-refractivity contribution in [2.75, 3.05) is 13.1 Å². The molecule has 0 unspecified atom stereocenters. The first kappa shape index (κ1) is 19.4. The average Bonchev–Trinajstić information content (AvgIpc) is 2.73. The van der Waals surface area contributed by atoms with Gasteiger partial charge >= 0.3 is 6.18 Å². The number of nitrogens with zero attached hydrogens (tertiary/aromatic N) is 3. The molecule has 1 saturated heterocycles. The number of hydrogen-bond donors (Lipinski definition) is 0. The molecule has 3 aromatic rings. The molecule has 0 spiro atoms. The van der Waals surface area contributed by atoms with Crippen LogP contribution in [-0.2, 0) is 17.4 Å². The van der Waals surface area contributed by atoms with Crippen molar-refractivity contribution in [3.8, 4) is 0 Å². The van der Waals surface area contributed by atoms with Gasteiger partial charge in [0.2, 0.25) is 5.91 Å². The molecule has 2 heterocycles. The number of aromatic nitrogens is 2. The fourth-order valence-electron chi connectivity index (χ4n) is 3.84. The van der Waals surface area contributed by atoms with E-state index in [-0.39, 0.29) is 18.2 Å². The average molecular weight is 399 g/mol. The van der Waals surface area contributed by atoms with E-state index in [1.165, 1.54) is 12.1 Å². The zero-order chi connectivity index (χ0) is 20.4. The van der Waals surface area contributed by atoms with Crippen LogP contribution in [0.25, 0.3) is 11.0 Å². The van der Waals surface area contributed by atoms with E-state index >= 15 is 0 Å². The predicted octanol–water partition coefficient (Wildman–Crippen LogP) is 4.60. The molecule has 1 aliphatic heterocycles. The molecular weight excluding hydrogens is 379 g/mol. The van der Waals surface area contributed by atoms with Gasteiger partial charge in [0.1, 0.15) is 0 Å². The van der Waals surface area contributed by atoms with Crippen molar-refractivity contribution in [2.45, 2.75) is 31.4 Å². The van der Waals surface area contributed by atoms with E-state index in [2.05, 4.69) is 9.97 Å². The largest absolute Gasteiger partial charge is 0.416 e. The van der Waals surface area contributed by atoms with Gasteiger partial charge in [-0.05, 0) is 48.1 Å². The summed E-state index contributed by atoms with van der Waals surface area (Å²) < 4.78 is 38.8. The number of hydrogen-bond acceptors (Lipinski definition) is 3. The van der Waals surface area contributed by atoms with Crippen LogP contribution in [0.1, 0.15) is 35.4 Å². The minimum atomic E-state index is -4.34. The van der Waals surface area contributed by atoms with Crippen LogP contribution in [0.4, 0.5) is 13.2 Å². The topological polar surface area (TPSA) is 46.1 Å². The lowest BCUT2D eigenvalue weighted by molar-refractivity contribution is -0.137. The van der Waals surface area contributed by atoms with E-state index in [0.29, 0.717) is 31.5 Å². The van der Waals surface area contributed by atoms with Gasteiger partial charge in [-0.15, -0.1) is 0 Å². The molecule has 0 N–H and O–H groups in total. The first-order chi connectivity index (χ1) is 13.9. The first-order valence-corrected chi connectivity index (χ1v) is 9.55. The fourth-order valence-corrected chi connectivity index (χ4v) is 3.84. The molecule has 0 radical (unpaired) electrons. The van der Waals surface area contributed by atoms with Gasteiger partial charge in [0.15, 0.2) is 0 Å². The summed E-state index contributed by atoms with van der Waals surface area (Å²) in [5.74, 6) is 0.0630. The van der Waals surface area contributed by atoms with Crippen LogP contribution in [-0.4, -0.2) is 33.9 Å². The van der Waals surface area contributed by atoms with Crippen LogP contribution in [0.3, 0.4) is 0 Å². The van der Waals surface area contributed by atoms with E-state index in [9.17, 15) is 18.0 Å². The molecule has 4 nitrogen and oxygen atoms in total. The lowest BCUT2D eigenvalue weighted by atomic mass is 9.88. The molecular formula is C22H20F3N3O. The number of fused-ring (bicyclic) bond motifs is 1. The van der Waals surface area contributed by atoms with E-state index in [0.717, 1.165) is 22.7 Å². The Bertz CT molecular complexity index is 1030. The maximum Gasteiger partial charge on any atom is 0.416 e. The first-order valence-electron chi connectivity index (χ1n) is 9.55. The molecule has 0 saturated carbocycles. The normalized spacial score (nSPS) is 15.6. The summed E-state index contributed by atoms with van der Waals surface area (Å²) in [5, 5.41) is 0. The van der Waals surface area contributed by atoms with E-state index in [4.69, 9.17) is 0 Å². The number of likely N-dealkylation sites (tertiary alicyclic amines) is 1. The molecule has 1 amide bonds. The Kier molecular flexibility index (Phi) is 5.22. The molecule has 150 valence electrons. The van der Waals surface area contributed by atoms with Crippen molar-refractivity contribution in [3.63, 3.8) is 0 Å². The molecule has 1 fully saturated rings. The van der Waals surface area contributed by atoms with Gasteiger partial charge in [-0.2, -0.15) is 13.2 Å². The smallest absolute Gasteiger partial charge is 0.342 e. The van der Waals surface area contributed by atoms with Gasteiger partial charge in [0.25, 0.3) is 0 Å². The zero-order valence-electron chi connectivity index (χ0n) is 15.7. The van der Waals surface area contributed by atoms with Gasteiger partial charge in [0.05, 0.1) is 23.0 Å². The van der Waals surface area contributed by atoms with E-state index in [1.54, 1.807) is 23.4 Å². The van der Waals surface area contributed by atoms with Crippen molar-refractivity contribution >= 4 is 16.9 Å². The molecule has 0 aliphatic carbocycles. The molecule has 2 aromatic carbocycles. The van der Waals surface area contributed by atoms with Crippen molar-refractivity contribution in [3.05, 3.63) is 71.5 Å². The fraction of sp³-hybridized carbons (Fsp3) is 0.318. The summed E-state index contributed by atoms with van der Waals surface area (Å²) in [6, 6.07) is 11.1. The predicted molar refractivity (Wildman–Crippen MR) is 103 cm³/mol. The Morgan fingerprint density at radius 3 is 2.45 bits per heavy atom. The third-order valence-electron chi connectivity index (χ3n) is 5.42. The SMILES string of the molecule is O=C(Cc1ccc2nccnc2c1)N1CCC(c2cccc(C(F)(F)F)c2)CC1. The van der Waals surface area contributed by atoms with Gasteiger partial charge in [-0.1, -0.05) is 24.3 Å². The molecule has 4 rings (SSSR count). The minimum absolute atomic E-state index is 0.0238. The Morgan fingerprint density at radius 1 is 1.00 bits per heavy atom. The van der Waals surface area contributed by atoms with Crippen LogP contribution >= 0.6 is 0 Å². The van der Waals surface area contributed by atoms with Crippen molar-refractivity contribution in [1.29, 1.82) is 0 Å². The maximum absolute atomic E-state index is 12.9. The number of halogens is 3. The van der Waals surface area contributed by atoms with Gasteiger partial charge in [-0.25, -0.2) is 0 Å². The summed E-state index contributed by atoms with van der Waals surface area (Å²) >= 11 is 0. The summed E-state index contributed by atoms with van der Waals surface area (Å²) in [6.45, 7) is 1.10. The molecule has 7 heteroatoms. The van der Waals surface area contributed by atoms with Crippen molar-refractivity contribution in [2.24, 2.45) is 0 Å². The third kappa shape index (κ3) is 4.39. The number of carbonyl (C=O) groups is 1. The summed E-state index contributed by atoms with van der Waals surface area (Å²) in [5.41, 5.74) is 2.49. The highest BCUT2D eigenvalue weighted by molar-refractivity contribution is 5.81. The Hall–Kier alpha value is -2.96. The van der Waals surface area contributed by atoms with Gasteiger partial charge in [0, 0.05) is 25.5 Å². The standard InChI is InChI=1S/C22H20F3N3O/c23-22(24,25)18-3-1-2-17(14-18)16-6-10-28(11-7-16)21(29)13-15-4-5-19-20(12-15)27-9-8-26-19/h1-5,8-9,12,14,16H,6-7,10-11,13H2. The lowest BCUT2D eigenvalue weighted by Gasteiger charge is -2.32. The number of alkyl halides is 3. The zero-order valence-corrected chi connectivity index (χ0v) is 15.7. The molecule has 1 aromatic heterocycles. The number of rotatable bonds is 3. The van der Waals surface area contributed by atoms with E-state index < -0.39 is 11.7 Å². The Labute approximate surface area is 166 Å². The van der Waals surface area contributed by atoms with Gasteiger partial charge in [-0.3, -0.25) is 14.8 Å². The van der Waals surface area contributed by atoms with Gasteiger partial charge < -0.3 is 4.90 Å². The summed E-state index contributed by atoms with van der Waals surface area (Å²) in [4.78, 5) is 23.0. The minimum Gasteiger partial charge on any atom is -0.342 e. The monoisotopic (exact) mass is 399 g/mol. The van der Waals surface area contributed by atoms with Crippen LogP contribution in [0.5, 0.6) is 0 Å². The second kappa shape index (κ2) is 7.81.